The van der Waals surface area contributed by atoms with Crippen molar-refractivity contribution in [2.45, 2.75) is 20.0 Å². The molecule has 0 saturated heterocycles. The Balaban J connectivity index is 2.84. The fourth-order valence-electron chi connectivity index (χ4n) is 1.14. The van der Waals surface area contributed by atoms with E-state index in [1.165, 1.54) is 5.56 Å². The molecular weight excluding hydrogens is 160 g/mol. The van der Waals surface area contributed by atoms with Gasteiger partial charge in [0.25, 0.3) is 0 Å². The summed E-state index contributed by atoms with van der Waals surface area (Å²) in [5, 5.41) is 9.74. The monoisotopic (exact) mass is 174 g/mol. The number of hydrogen-bond donors (Lipinski definition) is 1. The summed E-state index contributed by atoms with van der Waals surface area (Å²) in [5.41, 5.74) is 2.07. The van der Waals surface area contributed by atoms with Gasteiger partial charge >= 0.3 is 0 Å². The van der Waals surface area contributed by atoms with Crippen molar-refractivity contribution in [1.29, 1.82) is 0 Å². The minimum absolute atomic E-state index is 0.136. The lowest BCUT2D eigenvalue weighted by Crippen LogP contribution is -2.06. The van der Waals surface area contributed by atoms with E-state index in [9.17, 15) is 5.11 Å². The maximum atomic E-state index is 9.74. The van der Waals surface area contributed by atoms with Crippen molar-refractivity contribution in [3.63, 3.8) is 0 Å². The van der Waals surface area contributed by atoms with Gasteiger partial charge in [-0.25, -0.2) is 0 Å². The van der Waals surface area contributed by atoms with Gasteiger partial charge in [-0.05, 0) is 19.4 Å². The van der Waals surface area contributed by atoms with Gasteiger partial charge in [0, 0.05) is 5.92 Å². The van der Waals surface area contributed by atoms with Crippen molar-refractivity contribution in [2.24, 2.45) is 5.92 Å². The number of terminal acetylenes is 1. The molecule has 0 saturated carbocycles. The van der Waals surface area contributed by atoms with E-state index in [4.69, 9.17) is 6.42 Å². The van der Waals surface area contributed by atoms with Crippen molar-refractivity contribution in [1.82, 2.24) is 0 Å². The van der Waals surface area contributed by atoms with E-state index in [2.05, 4.69) is 5.92 Å². The molecule has 1 heteroatoms. The fourth-order valence-corrected chi connectivity index (χ4v) is 1.14. The number of benzene rings is 1. The van der Waals surface area contributed by atoms with Gasteiger partial charge in [-0.1, -0.05) is 29.8 Å². The highest BCUT2D eigenvalue weighted by Gasteiger charge is 2.12. The van der Waals surface area contributed by atoms with Crippen LogP contribution in [0.4, 0.5) is 0 Å². The Morgan fingerprint density at radius 3 is 2.31 bits per heavy atom. The Bertz CT molecular complexity index is 305. The molecule has 0 bridgehead atoms. The fraction of sp³-hybridized carbons (Fsp3) is 0.333. The molecular formula is C12H14O. The molecule has 0 aliphatic carbocycles. The Hall–Kier alpha value is -1.26. The first-order chi connectivity index (χ1) is 6.15. The Morgan fingerprint density at radius 1 is 1.31 bits per heavy atom. The second kappa shape index (κ2) is 4.11. The number of aliphatic hydroxyl groups is 1. The third-order valence-corrected chi connectivity index (χ3v) is 2.16. The Morgan fingerprint density at radius 2 is 1.85 bits per heavy atom. The van der Waals surface area contributed by atoms with Crippen LogP contribution in [-0.2, 0) is 0 Å². The van der Waals surface area contributed by atoms with E-state index in [0.29, 0.717) is 0 Å². The van der Waals surface area contributed by atoms with Gasteiger partial charge in [0.05, 0.1) is 6.10 Å². The van der Waals surface area contributed by atoms with Gasteiger partial charge in [0.2, 0.25) is 0 Å². The Kier molecular flexibility index (Phi) is 3.11. The van der Waals surface area contributed by atoms with Crippen LogP contribution in [0.2, 0.25) is 0 Å². The lowest BCUT2D eigenvalue weighted by Gasteiger charge is -2.13. The number of hydrogen-bond acceptors (Lipinski definition) is 1. The second-order valence-corrected chi connectivity index (χ2v) is 3.31. The maximum Gasteiger partial charge on any atom is 0.0924 e. The van der Waals surface area contributed by atoms with Gasteiger partial charge in [-0.3, -0.25) is 0 Å². The van der Waals surface area contributed by atoms with Crippen LogP contribution in [0.1, 0.15) is 24.2 Å². The predicted molar refractivity (Wildman–Crippen MR) is 54.1 cm³/mol. The first kappa shape index (κ1) is 9.83. The zero-order valence-electron chi connectivity index (χ0n) is 7.99. The molecule has 0 amide bonds. The van der Waals surface area contributed by atoms with E-state index in [0.717, 1.165) is 5.56 Å². The molecule has 0 aromatic heterocycles. The molecule has 0 heterocycles. The average molecular weight is 174 g/mol. The first-order valence-electron chi connectivity index (χ1n) is 4.36. The quantitative estimate of drug-likeness (QED) is 0.682. The summed E-state index contributed by atoms with van der Waals surface area (Å²) in [7, 11) is 0. The zero-order valence-corrected chi connectivity index (χ0v) is 7.99. The number of aliphatic hydroxyl groups excluding tert-OH is 1. The van der Waals surface area contributed by atoms with Crippen LogP contribution in [0.25, 0.3) is 0 Å². The predicted octanol–water partition coefficient (Wildman–Crippen LogP) is 2.30. The van der Waals surface area contributed by atoms with Crippen molar-refractivity contribution in [2.75, 3.05) is 0 Å². The lowest BCUT2D eigenvalue weighted by atomic mass is 9.97. The largest absolute Gasteiger partial charge is 0.387 e. The van der Waals surface area contributed by atoms with Crippen molar-refractivity contribution >= 4 is 0 Å². The van der Waals surface area contributed by atoms with Crippen LogP contribution < -0.4 is 0 Å². The molecule has 0 aliphatic rings. The molecule has 1 aromatic rings. The summed E-state index contributed by atoms with van der Waals surface area (Å²) in [5.74, 6) is 2.39. The molecule has 0 unspecified atom stereocenters. The van der Waals surface area contributed by atoms with Crippen LogP contribution in [0, 0.1) is 25.2 Å². The standard InChI is InChI=1S/C12H14O/c1-4-10(3)12(13)11-7-5-9(2)6-8-11/h1,5-8,10,12-13H,2-3H3/t10-,12-/m1/s1. The van der Waals surface area contributed by atoms with E-state index >= 15 is 0 Å². The van der Waals surface area contributed by atoms with Crippen LogP contribution in [-0.4, -0.2) is 5.11 Å². The highest BCUT2D eigenvalue weighted by Crippen LogP contribution is 2.20. The average Bonchev–Trinajstić information content (AvgIpc) is 2.17. The van der Waals surface area contributed by atoms with Crippen LogP contribution in [0.5, 0.6) is 0 Å². The summed E-state index contributed by atoms with van der Waals surface area (Å²) in [6, 6.07) is 7.77. The van der Waals surface area contributed by atoms with E-state index in [-0.39, 0.29) is 5.92 Å². The third kappa shape index (κ3) is 2.34. The van der Waals surface area contributed by atoms with Crippen LogP contribution in [0.3, 0.4) is 0 Å². The molecule has 0 fully saturated rings. The molecule has 1 aromatic carbocycles. The first-order valence-corrected chi connectivity index (χ1v) is 4.36. The van der Waals surface area contributed by atoms with Gasteiger partial charge in [0.15, 0.2) is 0 Å². The zero-order chi connectivity index (χ0) is 9.84. The number of aryl methyl sites for hydroxylation is 1. The second-order valence-electron chi connectivity index (χ2n) is 3.31. The van der Waals surface area contributed by atoms with Crippen molar-refractivity contribution in [3.05, 3.63) is 35.4 Å². The topological polar surface area (TPSA) is 20.2 Å². The summed E-state index contributed by atoms with van der Waals surface area (Å²) in [4.78, 5) is 0. The van der Waals surface area contributed by atoms with E-state index in [1.807, 2.05) is 38.1 Å². The molecule has 1 N–H and O–H groups in total. The van der Waals surface area contributed by atoms with E-state index in [1.54, 1.807) is 0 Å². The minimum atomic E-state index is -0.550. The normalized spacial score (nSPS) is 14.6. The highest BCUT2D eigenvalue weighted by molar-refractivity contribution is 5.24. The summed E-state index contributed by atoms with van der Waals surface area (Å²) >= 11 is 0. The molecule has 0 spiro atoms. The molecule has 2 atom stereocenters. The highest BCUT2D eigenvalue weighted by atomic mass is 16.3. The number of rotatable bonds is 2. The molecule has 0 aliphatic heterocycles. The SMILES string of the molecule is C#C[C@@H](C)[C@@H](O)c1ccc(C)cc1. The van der Waals surface area contributed by atoms with Crippen molar-refractivity contribution in [3.8, 4) is 12.3 Å². The molecule has 13 heavy (non-hydrogen) atoms. The third-order valence-electron chi connectivity index (χ3n) is 2.16. The Labute approximate surface area is 79.4 Å². The summed E-state index contributed by atoms with van der Waals surface area (Å²) in [6.07, 6.45) is 4.68. The van der Waals surface area contributed by atoms with Gasteiger partial charge in [-0.2, -0.15) is 0 Å². The van der Waals surface area contributed by atoms with Gasteiger partial charge in [0.1, 0.15) is 0 Å². The van der Waals surface area contributed by atoms with Crippen molar-refractivity contribution < 1.29 is 5.11 Å². The summed E-state index contributed by atoms with van der Waals surface area (Å²) < 4.78 is 0. The maximum absolute atomic E-state index is 9.74. The lowest BCUT2D eigenvalue weighted by molar-refractivity contribution is 0.144. The van der Waals surface area contributed by atoms with Gasteiger partial charge in [-0.15, -0.1) is 12.3 Å². The van der Waals surface area contributed by atoms with Crippen LogP contribution in [0.15, 0.2) is 24.3 Å². The van der Waals surface area contributed by atoms with Gasteiger partial charge < -0.3 is 5.11 Å². The van der Waals surface area contributed by atoms with E-state index < -0.39 is 6.10 Å². The molecule has 1 nitrogen and oxygen atoms in total. The summed E-state index contributed by atoms with van der Waals surface area (Å²) in [6.45, 7) is 3.85. The molecule has 68 valence electrons. The molecule has 0 radical (unpaired) electrons. The minimum Gasteiger partial charge on any atom is -0.387 e. The smallest absolute Gasteiger partial charge is 0.0924 e. The molecule has 1 rings (SSSR count). The van der Waals surface area contributed by atoms with Crippen LogP contribution >= 0.6 is 0 Å².